The Morgan fingerprint density at radius 1 is 1.47 bits per heavy atom. The minimum absolute atomic E-state index is 0.0334. The maximum absolute atomic E-state index is 11.7. The minimum Gasteiger partial charge on any atom is -0.480 e. The molecule has 1 aromatic rings. The number of ether oxygens (including phenoxy) is 1. The predicted octanol–water partition coefficient (Wildman–Crippen LogP) is 2.90. The van der Waals surface area contributed by atoms with Gasteiger partial charge in [-0.25, -0.2) is 4.79 Å². The molecule has 104 valence electrons. The summed E-state index contributed by atoms with van der Waals surface area (Å²) in [5, 5.41) is 12.8. The van der Waals surface area contributed by atoms with Gasteiger partial charge < -0.3 is 15.2 Å². The molecule has 1 fully saturated rings. The molecule has 1 aliphatic rings. The third kappa shape index (κ3) is 3.26. The van der Waals surface area contributed by atoms with Crippen LogP contribution < -0.4 is 5.32 Å². The van der Waals surface area contributed by atoms with Crippen LogP contribution in [0.3, 0.4) is 0 Å². The van der Waals surface area contributed by atoms with Gasteiger partial charge in [-0.15, -0.1) is 0 Å². The number of carboxylic acid groups (broad SMARTS) is 1. The average Bonchev–Trinajstić information content (AvgIpc) is 2.40. The number of benzene rings is 1. The van der Waals surface area contributed by atoms with Gasteiger partial charge in [0.2, 0.25) is 0 Å². The van der Waals surface area contributed by atoms with Crippen LogP contribution in [-0.4, -0.2) is 29.3 Å². The van der Waals surface area contributed by atoms with Crippen LogP contribution >= 0.6 is 0 Å². The van der Waals surface area contributed by atoms with Crippen molar-refractivity contribution in [3.05, 3.63) is 30.3 Å². The van der Waals surface area contributed by atoms with E-state index in [4.69, 9.17) is 4.74 Å². The molecule has 0 spiro atoms. The van der Waals surface area contributed by atoms with E-state index in [1.807, 2.05) is 30.3 Å². The fourth-order valence-corrected chi connectivity index (χ4v) is 2.62. The lowest BCUT2D eigenvalue weighted by molar-refractivity contribution is -0.148. The molecule has 4 nitrogen and oxygen atoms in total. The van der Waals surface area contributed by atoms with Crippen LogP contribution in [0, 0.1) is 0 Å². The molecule has 0 saturated carbocycles. The number of rotatable bonds is 5. The Morgan fingerprint density at radius 3 is 2.84 bits per heavy atom. The van der Waals surface area contributed by atoms with Gasteiger partial charge >= 0.3 is 5.97 Å². The largest absolute Gasteiger partial charge is 0.480 e. The lowest BCUT2D eigenvalue weighted by Crippen LogP contribution is -2.53. The lowest BCUT2D eigenvalue weighted by atomic mass is 9.85. The molecule has 2 N–H and O–H groups in total. The molecule has 0 aliphatic carbocycles. The van der Waals surface area contributed by atoms with E-state index in [0.29, 0.717) is 19.4 Å². The molecular formula is C15H21NO3. The number of anilines is 1. The Kier molecular flexibility index (Phi) is 4.43. The van der Waals surface area contributed by atoms with Gasteiger partial charge in [-0.3, -0.25) is 0 Å². The zero-order valence-electron chi connectivity index (χ0n) is 11.3. The molecule has 1 aliphatic heterocycles. The van der Waals surface area contributed by atoms with Gasteiger partial charge in [-0.1, -0.05) is 31.5 Å². The van der Waals surface area contributed by atoms with Gasteiger partial charge in [-0.2, -0.15) is 0 Å². The molecule has 0 radical (unpaired) electrons. The number of carbonyl (C=O) groups is 1. The zero-order chi connectivity index (χ0) is 13.7. The van der Waals surface area contributed by atoms with E-state index in [1.165, 1.54) is 0 Å². The van der Waals surface area contributed by atoms with Gasteiger partial charge in [-0.05, 0) is 18.6 Å². The van der Waals surface area contributed by atoms with Crippen molar-refractivity contribution in [1.29, 1.82) is 0 Å². The Morgan fingerprint density at radius 2 is 2.21 bits per heavy atom. The van der Waals surface area contributed by atoms with Crippen LogP contribution in [0.25, 0.3) is 0 Å². The third-order valence-corrected chi connectivity index (χ3v) is 3.64. The highest BCUT2D eigenvalue weighted by molar-refractivity contribution is 5.83. The number of nitrogens with one attached hydrogen (secondary N) is 1. The fourth-order valence-electron chi connectivity index (χ4n) is 2.62. The summed E-state index contributed by atoms with van der Waals surface area (Å²) in [5.41, 5.74) is -0.0542. The highest BCUT2D eigenvalue weighted by atomic mass is 16.5. The van der Waals surface area contributed by atoms with Gasteiger partial charge in [0.1, 0.15) is 5.54 Å². The summed E-state index contributed by atoms with van der Waals surface area (Å²) >= 11 is 0. The first-order chi connectivity index (χ1) is 9.16. The quantitative estimate of drug-likeness (QED) is 0.857. The SMILES string of the molecule is CCCC1CC(Nc2ccccc2)(C(=O)O)CCO1. The van der Waals surface area contributed by atoms with Crippen LogP contribution in [0.2, 0.25) is 0 Å². The van der Waals surface area contributed by atoms with Crippen LogP contribution in [0.15, 0.2) is 30.3 Å². The second-order valence-electron chi connectivity index (χ2n) is 5.11. The molecule has 1 heterocycles. The highest BCUT2D eigenvalue weighted by Gasteiger charge is 2.43. The van der Waals surface area contributed by atoms with Gasteiger partial charge in [0.05, 0.1) is 6.10 Å². The summed E-state index contributed by atoms with van der Waals surface area (Å²) in [6.07, 6.45) is 2.96. The van der Waals surface area contributed by atoms with E-state index >= 15 is 0 Å². The molecule has 1 aromatic carbocycles. The lowest BCUT2D eigenvalue weighted by Gasteiger charge is -2.39. The van der Waals surface area contributed by atoms with Crippen molar-refractivity contribution in [2.75, 3.05) is 11.9 Å². The predicted molar refractivity (Wildman–Crippen MR) is 74.3 cm³/mol. The van der Waals surface area contributed by atoms with Crippen LogP contribution in [0.5, 0.6) is 0 Å². The molecule has 0 aromatic heterocycles. The molecular weight excluding hydrogens is 242 g/mol. The summed E-state index contributed by atoms with van der Waals surface area (Å²) in [6.45, 7) is 2.59. The molecule has 2 unspecified atom stereocenters. The molecule has 0 amide bonds. The summed E-state index contributed by atoms with van der Waals surface area (Å²) in [6, 6.07) is 9.52. The van der Waals surface area contributed by atoms with Gasteiger partial charge in [0.15, 0.2) is 0 Å². The summed E-state index contributed by atoms with van der Waals surface area (Å²) in [5.74, 6) is -0.791. The Labute approximate surface area is 113 Å². The van der Waals surface area contributed by atoms with E-state index in [2.05, 4.69) is 12.2 Å². The normalized spacial score (nSPS) is 26.9. The van der Waals surface area contributed by atoms with Crippen LogP contribution in [0.4, 0.5) is 5.69 Å². The van der Waals surface area contributed by atoms with E-state index in [0.717, 1.165) is 18.5 Å². The molecule has 19 heavy (non-hydrogen) atoms. The van der Waals surface area contributed by atoms with E-state index < -0.39 is 11.5 Å². The summed E-state index contributed by atoms with van der Waals surface area (Å²) < 4.78 is 5.66. The van der Waals surface area contributed by atoms with E-state index in [9.17, 15) is 9.90 Å². The van der Waals surface area contributed by atoms with Crippen molar-refractivity contribution in [3.8, 4) is 0 Å². The maximum atomic E-state index is 11.7. The van der Waals surface area contributed by atoms with Crippen molar-refractivity contribution in [1.82, 2.24) is 0 Å². The van der Waals surface area contributed by atoms with E-state index in [1.54, 1.807) is 0 Å². The first-order valence-electron chi connectivity index (χ1n) is 6.84. The molecule has 4 heteroatoms. The Balaban J connectivity index is 2.15. The number of carboxylic acids is 1. The number of hydrogen-bond donors (Lipinski definition) is 2. The third-order valence-electron chi connectivity index (χ3n) is 3.64. The van der Waals surface area contributed by atoms with Crippen molar-refractivity contribution in [3.63, 3.8) is 0 Å². The smallest absolute Gasteiger partial charge is 0.329 e. The Bertz CT molecular complexity index is 419. The van der Waals surface area contributed by atoms with Crippen molar-refractivity contribution >= 4 is 11.7 Å². The molecule has 2 atom stereocenters. The molecule has 0 bridgehead atoms. The van der Waals surface area contributed by atoms with Crippen molar-refractivity contribution in [2.45, 2.75) is 44.2 Å². The summed E-state index contributed by atoms with van der Waals surface area (Å²) in [7, 11) is 0. The topological polar surface area (TPSA) is 58.6 Å². The Hall–Kier alpha value is -1.55. The monoisotopic (exact) mass is 263 g/mol. The van der Waals surface area contributed by atoms with Gasteiger partial charge in [0, 0.05) is 25.1 Å². The first kappa shape index (κ1) is 13.9. The van der Waals surface area contributed by atoms with Crippen molar-refractivity contribution in [2.24, 2.45) is 0 Å². The van der Waals surface area contributed by atoms with Crippen molar-refractivity contribution < 1.29 is 14.6 Å². The fraction of sp³-hybridized carbons (Fsp3) is 0.533. The zero-order valence-corrected chi connectivity index (χ0v) is 11.3. The first-order valence-corrected chi connectivity index (χ1v) is 6.84. The summed E-state index contributed by atoms with van der Waals surface area (Å²) in [4.78, 5) is 11.7. The number of hydrogen-bond acceptors (Lipinski definition) is 3. The van der Waals surface area contributed by atoms with Crippen LogP contribution in [-0.2, 0) is 9.53 Å². The highest BCUT2D eigenvalue weighted by Crippen LogP contribution is 2.31. The second kappa shape index (κ2) is 6.06. The number of para-hydroxylation sites is 1. The average molecular weight is 263 g/mol. The number of aliphatic carboxylic acids is 1. The van der Waals surface area contributed by atoms with E-state index in [-0.39, 0.29) is 6.10 Å². The minimum atomic E-state index is -0.903. The standard InChI is InChI=1S/C15H21NO3/c1-2-6-13-11-15(14(17)18,9-10-19-13)16-12-7-4-3-5-8-12/h3-5,7-8,13,16H,2,6,9-11H2,1H3,(H,17,18). The van der Waals surface area contributed by atoms with Crippen LogP contribution in [0.1, 0.15) is 32.6 Å². The second-order valence-corrected chi connectivity index (χ2v) is 5.11. The van der Waals surface area contributed by atoms with Gasteiger partial charge in [0.25, 0.3) is 0 Å². The molecule has 1 saturated heterocycles. The molecule has 2 rings (SSSR count). The maximum Gasteiger partial charge on any atom is 0.329 e.